The summed E-state index contributed by atoms with van der Waals surface area (Å²) >= 11 is 0. The van der Waals surface area contributed by atoms with Crippen molar-refractivity contribution >= 4 is 0 Å². The highest BCUT2D eigenvalue weighted by atomic mass is 15.2. The Morgan fingerprint density at radius 3 is 3.14 bits per heavy atom. The molecule has 1 saturated heterocycles. The van der Waals surface area contributed by atoms with Crippen LogP contribution < -0.4 is 5.32 Å². The Hall–Kier alpha value is -0.830. The molecule has 14 heavy (non-hydrogen) atoms. The van der Waals surface area contributed by atoms with Gasteiger partial charge in [0, 0.05) is 19.3 Å². The smallest absolute Gasteiger partial charge is 0.0521 e. The number of aromatic nitrogens is 2. The predicted molar refractivity (Wildman–Crippen MR) is 57.2 cm³/mol. The van der Waals surface area contributed by atoms with E-state index in [-0.39, 0.29) is 0 Å². The lowest BCUT2D eigenvalue weighted by atomic mass is 9.99. The van der Waals surface area contributed by atoms with Gasteiger partial charge in [-0.3, -0.25) is 4.68 Å². The van der Waals surface area contributed by atoms with Crippen LogP contribution in [0.25, 0.3) is 0 Å². The van der Waals surface area contributed by atoms with E-state index in [1.807, 2.05) is 17.9 Å². The molecule has 2 rings (SSSR count). The fourth-order valence-corrected chi connectivity index (χ4v) is 2.11. The third-order valence-corrected chi connectivity index (χ3v) is 2.95. The summed E-state index contributed by atoms with van der Waals surface area (Å²) in [5.41, 5.74) is 1.36. The Bertz CT molecular complexity index is 274. The number of nitrogens with one attached hydrogen (secondary N) is 1. The number of rotatable bonds is 3. The molecule has 2 heterocycles. The van der Waals surface area contributed by atoms with Crippen LogP contribution in [-0.4, -0.2) is 22.4 Å². The Morgan fingerprint density at radius 1 is 1.57 bits per heavy atom. The third-order valence-electron chi connectivity index (χ3n) is 2.95. The number of nitrogens with zero attached hydrogens (tertiary/aromatic N) is 2. The quantitative estimate of drug-likeness (QED) is 0.788. The van der Waals surface area contributed by atoms with Crippen molar-refractivity contribution in [1.29, 1.82) is 0 Å². The van der Waals surface area contributed by atoms with Crippen molar-refractivity contribution in [2.24, 2.45) is 7.05 Å². The van der Waals surface area contributed by atoms with Gasteiger partial charge in [0.05, 0.1) is 6.20 Å². The maximum Gasteiger partial charge on any atom is 0.0521 e. The predicted octanol–water partition coefficient (Wildman–Crippen LogP) is 1.49. The van der Waals surface area contributed by atoms with Crippen LogP contribution >= 0.6 is 0 Å². The van der Waals surface area contributed by atoms with Crippen LogP contribution in [-0.2, 0) is 13.5 Å². The average molecular weight is 193 g/mol. The van der Waals surface area contributed by atoms with Gasteiger partial charge in [-0.2, -0.15) is 5.10 Å². The van der Waals surface area contributed by atoms with Crippen molar-refractivity contribution in [3.63, 3.8) is 0 Å². The molecule has 1 fully saturated rings. The lowest BCUT2D eigenvalue weighted by molar-refractivity contribution is 0.383. The second kappa shape index (κ2) is 4.60. The summed E-state index contributed by atoms with van der Waals surface area (Å²) in [6.45, 7) is 1.21. The van der Waals surface area contributed by atoms with Crippen molar-refractivity contribution in [2.75, 3.05) is 6.54 Å². The lowest BCUT2D eigenvalue weighted by Gasteiger charge is -2.22. The fraction of sp³-hybridized carbons (Fsp3) is 0.727. The van der Waals surface area contributed by atoms with Gasteiger partial charge in [-0.05, 0) is 37.8 Å². The minimum Gasteiger partial charge on any atom is -0.314 e. The molecular weight excluding hydrogens is 174 g/mol. The van der Waals surface area contributed by atoms with E-state index in [0.29, 0.717) is 0 Å². The Kier molecular flexibility index (Phi) is 3.19. The Balaban J connectivity index is 1.76. The van der Waals surface area contributed by atoms with Gasteiger partial charge in [-0.1, -0.05) is 6.42 Å². The molecule has 0 bridgehead atoms. The third kappa shape index (κ3) is 2.58. The maximum absolute atomic E-state index is 4.18. The highest BCUT2D eigenvalue weighted by molar-refractivity contribution is 5.04. The van der Waals surface area contributed by atoms with Gasteiger partial charge >= 0.3 is 0 Å². The van der Waals surface area contributed by atoms with Crippen molar-refractivity contribution in [1.82, 2.24) is 15.1 Å². The molecule has 0 spiro atoms. The molecule has 1 aromatic heterocycles. The van der Waals surface area contributed by atoms with Crippen molar-refractivity contribution < 1.29 is 0 Å². The van der Waals surface area contributed by atoms with Crippen molar-refractivity contribution in [3.8, 4) is 0 Å². The fourth-order valence-electron chi connectivity index (χ4n) is 2.11. The SMILES string of the molecule is Cn1cc(CCC2CCCCN2)cn1. The Labute approximate surface area is 85.5 Å². The summed E-state index contributed by atoms with van der Waals surface area (Å²) in [5.74, 6) is 0. The number of hydrogen-bond donors (Lipinski definition) is 1. The topological polar surface area (TPSA) is 29.9 Å². The van der Waals surface area contributed by atoms with Crippen LogP contribution in [0.4, 0.5) is 0 Å². The van der Waals surface area contributed by atoms with Crippen molar-refractivity contribution in [3.05, 3.63) is 18.0 Å². The zero-order chi connectivity index (χ0) is 9.80. The number of aryl methyl sites for hydroxylation is 2. The summed E-state index contributed by atoms with van der Waals surface area (Å²) in [6, 6.07) is 0.740. The van der Waals surface area contributed by atoms with Crippen LogP contribution in [0.1, 0.15) is 31.2 Å². The number of piperidine rings is 1. The van der Waals surface area contributed by atoms with Gasteiger partial charge < -0.3 is 5.32 Å². The van der Waals surface area contributed by atoms with Crippen LogP contribution in [0, 0.1) is 0 Å². The molecule has 0 radical (unpaired) electrons. The summed E-state index contributed by atoms with van der Waals surface area (Å²) in [5, 5.41) is 7.75. The second-order valence-corrected chi connectivity index (χ2v) is 4.21. The standard InChI is InChI=1S/C11H19N3/c1-14-9-10(8-13-14)5-6-11-4-2-3-7-12-11/h8-9,11-12H,2-7H2,1H3. The average Bonchev–Trinajstić information content (AvgIpc) is 2.63. The molecule has 1 aliphatic heterocycles. The van der Waals surface area contributed by atoms with Crippen LogP contribution in [0.5, 0.6) is 0 Å². The first kappa shape index (κ1) is 9.71. The Morgan fingerprint density at radius 2 is 2.50 bits per heavy atom. The second-order valence-electron chi connectivity index (χ2n) is 4.21. The van der Waals surface area contributed by atoms with Gasteiger partial charge in [0.2, 0.25) is 0 Å². The molecule has 78 valence electrons. The summed E-state index contributed by atoms with van der Waals surface area (Å²) in [6.07, 6.45) is 10.6. The van der Waals surface area contributed by atoms with E-state index < -0.39 is 0 Å². The molecule has 3 heteroatoms. The summed E-state index contributed by atoms with van der Waals surface area (Å²) < 4.78 is 1.88. The molecule has 1 N–H and O–H groups in total. The molecule has 1 aromatic rings. The van der Waals surface area contributed by atoms with Gasteiger partial charge in [0.1, 0.15) is 0 Å². The van der Waals surface area contributed by atoms with E-state index in [9.17, 15) is 0 Å². The molecule has 1 atom stereocenters. The molecule has 0 amide bonds. The summed E-state index contributed by atoms with van der Waals surface area (Å²) in [7, 11) is 1.97. The van der Waals surface area contributed by atoms with E-state index in [0.717, 1.165) is 12.5 Å². The number of hydrogen-bond acceptors (Lipinski definition) is 2. The first-order chi connectivity index (χ1) is 6.84. The minimum atomic E-state index is 0.740. The van der Waals surface area contributed by atoms with Crippen LogP contribution in [0.2, 0.25) is 0 Å². The first-order valence-corrected chi connectivity index (χ1v) is 5.55. The zero-order valence-electron chi connectivity index (χ0n) is 8.87. The van der Waals surface area contributed by atoms with E-state index in [1.165, 1.54) is 37.8 Å². The largest absolute Gasteiger partial charge is 0.314 e. The van der Waals surface area contributed by atoms with Crippen LogP contribution in [0.3, 0.4) is 0 Å². The molecule has 0 saturated carbocycles. The zero-order valence-corrected chi connectivity index (χ0v) is 8.87. The monoisotopic (exact) mass is 193 g/mol. The highest BCUT2D eigenvalue weighted by Crippen LogP contribution is 2.12. The van der Waals surface area contributed by atoms with E-state index >= 15 is 0 Å². The molecule has 3 nitrogen and oxygen atoms in total. The van der Waals surface area contributed by atoms with Gasteiger partial charge in [0.15, 0.2) is 0 Å². The lowest BCUT2D eigenvalue weighted by Crippen LogP contribution is -2.34. The summed E-state index contributed by atoms with van der Waals surface area (Å²) in [4.78, 5) is 0. The molecule has 1 unspecified atom stereocenters. The molecule has 0 aliphatic carbocycles. The van der Waals surface area contributed by atoms with E-state index in [1.54, 1.807) is 0 Å². The van der Waals surface area contributed by atoms with Crippen LogP contribution in [0.15, 0.2) is 12.4 Å². The molecule has 0 aromatic carbocycles. The van der Waals surface area contributed by atoms with Gasteiger partial charge in [-0.25, -0.2) is 0 Å². The van der Waals surface area contributed by atoms with Gasteiger partial charge in [-0.15, -0.1) is 0 Å². The first-order valence-electron chi connectivity index (χ1n) is 5.55. The van der Waals surface area contributed by atoms with E-state index in [4.69, 9.17) is 0 Å². The van der Waals surface area contributed by atoms with E-state index in [2.05, 4.69) is 16.6 Å². The molecule has 1 aliphatic rings. The van der Waals surface area contributed by atoms with Gasteiger partial charge in [0.25, 0.3) is 0 Å². The minimum absolute atomic E-state index is 0.740. The normalized spacial score (nSPS) is 22.5. The maximum atomic E-state index is 4.18. The molecular formula is C11H19N3. The highest BCUT2D eigenvalue weighted by Gasteiger charge is 2.12. The van der Waals surface area contributed by atoms with Crippen molar-refractivity contribution in [2.45, 2.75) is 38.1 Å².